The summed E-state index contributed by atoms with van der Waals surface area (Å²) in [7, 11) is 0. The molecule has 0 aromatic carbocycles. The summed E-state index contributed by atoms with van der Waals surface area (Å²) in [5.41, 5.74) is 3.58. The van der Waals surface area contributed by atoms with E-state index in [9.17, 15) is 4.79 Å². The summed E-state index contributed by atoms with van der Waals surface area (Å²) in [4.78, 5) is 16.0. The zero-order chi connectivity index (χ0) is 11.0. The van der Waals surface area contributed by atoms with Crippen LogP contribution in [0.4, 0.5) is 0 Å². The number of Topliss-reactive ketones (excluding diaryl/α,β-unsaturated/α-hetero) is 1. The van der Waals surface area contributed by atoms with Gasteiger partial charge in [0.15, 0.2) is 5.78 Å². The molecule has 0 aliphatic heterocycles. The number of aromatic nitrogens is 2. The summed E-state index contributed by atoms with van der Waals surface area (Å²) in [6.45, 7) is 5.61. The van der Waals surface area contributed by atoms with Crippen molar-refractivity contribution in [2.75, 3.05) is 0 Å². The minimum atomic E-state index is 0.0740. The lowest BCUT2D eigenvalue weighted by Crippen LogP contribution is -2.02. The number of carbonyl (C=O) groups excluding carboxylic acids is 1. The number of pyridine rings is 1. The van der Waals surface area contributed by atoms with Crippen molar-refractivity contribution in [1.29, 1.82) is 0 Å². The first-order valence-electron chi connectivity index (χ1n) is 5.12. The molecule has 0 bridgehead atoms. The minimum absolute atomic E-state index is 0.0740. The van der Waals surface area contributed by atoms with Crippen molar-refractivity contribution in [3.63, 3.8) is 0 Å². The fraction of sp³-hybridized carbons (Fsp3) is 0.333. The average molecular weight is 202 g/mol. The highest BCUT2D eigenvalue weighted by atomic mass is 16.1. The Labute approximate surface area is 88.8 Å². The van der Waals surface area contributed by atoms with Crippen LogP contribution in [0.5, 0.6) is 0 Å². The van der Waals surface area contributed by atoms with E-state index in [1.807, 2.05) is 36.6 Å². The van der Waals surface area contributed by atoms with Gasteiger partial charge in [0.2, 0.25) is 0 Å². The van der Waals surface area contributed by atoms with Crippen LogP contribution in [-0.4, -0.2) is 15.2 Å². The third kappa shape index (κ3) is 1.54. The van der Waals surface area contributed by atoms with Gasteiger partial charge in [0.1, 0.15) is 11.3 Å². The van der Waals surface area contributed by atoms with E-state index in [0.29, 0.717) is 0 Å². The van der Waals surface area contributed by atoms with Crippen molar-refractivity contribution < 1.29 is 4.79 Å². The van der Waals surface area contributed by atoms with Crippen molar-refractivity contribution in [3.8, 4) is 0 Å². The Balaban J connectivity index is 2.82. The molecular formula is C12H14N2O. The van der Waals surface area contributed by atoms with Gasteiger partial charge in [-0.3, -0.25) is 9.20 Å². The van der Waals surface area contributed by atoms with Gasteiger partial charge in [0, 0.05) is 13.1 Å². The zero-order valence-corrected chi connectivity index (χ0v) is 9.24. The lowest BCUT2D eigenvalue weighted by Gasteiger charge is -2.00. The summed E-state index contributed by atoms with van der Waals surface area (Å²) in [6.07, 6.45) is 2.74. The molecular weight excluding hydrogens is 188 g/mol. The summed E-state index contributed by atoms with van der Waals surface area (Å²) in [6, 6.07) is 3.95. The van der Waals surface area contributed by atoms with Gasteiger partial charge in [-0.25, -0.2) is 4.98 Å². The molecule has 2 aromatic heterocycles. The molecule has 0 unspecified atom stereocenters. The van der Waals surface area contributed by atoms with Gasteiger partial charge in [-0.05, 0) is 25.0 Å². The molecule has 0 saturated heterocycles. The second-order valence-electron chi connectivity index (χ2n) is 3.75. The Hall–Kier alpha value is -1.64. The van der Waals surface area contributed by atoms with Crippen LogP contribution < -0.4 is 0 Å². The molecule has 0 saturated carbocycles. The second-order valence-corrected chi connectivity index (χ2v) is 3.75. The van der Waals surface area contributed by atoms with Gasteiger partial charge in [0.05, 0.1) is 5.69 Å². The van der Waals surface area contributed by atoms with Gasteiger partial charge in [0.25, 0.3) is 0 Å². The average Bonchev–Trinajstić information content (AvgIpc) is 2.55. The zero-order valence-electron chi connectivity index (χ0n) is 9.24. The fourth-order valence-electron chi connectivity index (χ4n) is 1.82. The molecule has 15 heavy (non-hydrogen) atoms. The third-order valence-corrected chi connectivity index (χ3v) is 2.51. The Morgan fingerprint density at radius 3 is 2.80 bits per heavy atom. The molecule has 3 nitrogen and oxygen atoms in total. The fourth-order valence-corrected chi connectivity index (χ4v) is 1.82. The molecule has 0 fully saturated rings. The summed E-state index contributed by atoms with van der Waals surface area (Å²) in [5.74, 6) is 0.0740. The number of rotatable bonds is 2. The number of fused-ring (bicyclic) bond motifs is 1. The lowest BCUT2D eigenvalue weighted by atomic mass is 10.2. The largest absolute Gasteiger partial charge is 0.297 e. The Morgan fingerprint density at radius 1 is 1.47 bits per heavy atom. The first kappa shape index (κ1) is 9.90. The molecule has 0 atom stereocenters. The summed E-state index contributed by atoms with van der Waals surface area (Å²) in [5, 5.41) is 0. The third-order valence-electron chi connectivity index (χ3n) is 2.51. The van der Waals surface area contributed by atoms with Crippen molar-refractivity contribution in [3.05, 3.63) is 35.3 Å². The Morgan fingerprint density at radius 2 is 2.20 bits per heavy atom. The van der Waals surface area contributed by atoms with E-state index >= 15 is 0 Å². The van der Waals surface area contributed by atoms with E-state index in [0.717, 1.165) is 29.0 Å². The molecule has 78 valence electrons. The highest BCUT2D eigenvalue weighted by molar-refractivity contribution is 5.94. The number of nitrogens with zero attached hydrogens (tertiary/aromatic N) is 2. The number of hydrogen-bond donors (Lipinski definition) is 0. The first-order valence-corrected chi connectivity index (χ1v) is 5.12. The van der Waals surface area contributed by atoms with Crippen LogP contribution in [-0.2, 0) is 6.42 Å². The molecule has 2 heterocycles. The summed E-state index contributed by atoms with van der Waals surface area (Å²) < 4.78 is 1.89. The molecule has 0 N–H and O–H groups in total. The van der Waals surface area contributed by atoms with Gasteiger partial charge in [-0.1, -0.05) is 13.0 Å². The predicted octanol–water partition coefficient (Wildman–Crippen LogP) is 2.41. The van der Waals surface area contributed by atoms with Gasteiger partial charge < -0.3 is 0 Å². The van der Waals surface area contributed by atoms with Crippen molar-refractivity contribution in [2.45, 2.75) is 27.2 Å². The van der Waals surface area contributed by atoms with Crippen molar-refractivity contribution in [1.82, 2.24) is 9.38 Å². The van der Waals surface area contributed by atoms with Crippen LogP contribution in [0.3, 0.4) is 0 Å². The molecule has 3 heteroatoms. The summed E-state index contributed by atoms with van der Waals surface area (Å²) >= 11 is 0. The predicted molar refractivity (Wildman–Crippen MR) is 59.3 cm³/mol. The van der Waals surface area contributed by atoms with Crippen LogP contribution in [0.2, 0.25) is 0 Å². The van der Waals surface area contributed by atoms with Crippen LogP contribution in [0.1, 0.15) is 35.6 Å². The molecule has 2 aromatic rings. The molecule has 0 aliphatic carbocycles. The minimum Gasteiger partial charge on any atom is -0.297 e. The normalized spacial score (nSPS) is 10.9. The van der Waals surface area contributed by atoms with E-state index < -0.39 is 0 Å². The highest BCUT2D eigenvalue weighted by Gasteiger charge is 2.14. The Kier molecular flexibility index (Phi) is 2.31. The van der Waals surface area contributed by atoms with E-state index in [1.165, 1.54) is 0 Å². The Bertz CT molecular complexity index is 526. The monoisotopic (exact) mass is 202 g/mol. The van der Waals surface area contributed by atoms with Crippen molar-refractivity contribution >= 4 is 11.4 Å². The second kappa shape index (κ2) is 3.50. The first-order chi connectivity index (χ1) is 7.13. The van der Waals surface area contributed by atoms with Gasteiger partial charge in [-0.15, -0.1) is 0 Å². The smallest absolute Gasteiger partial charge is 0.178 e. The maximum Gasteiger partial charge on any atom is 0.178 e. The molecule has 0 radical (unpaired) electrons. The molecule has 2 rings (SSSR count). The maximum absolute atomic E-state index is 11.6. The number of imidazole rings is 1. The van der Waals surface area contributed by atoms with Gasteiger partial charge >= 0.3 is 0 Å². The SMILES string of the molecule is CCc1nc2ccc(C)cn2c1C(C)=O. The van der Waals surface area contributed by atoms with Crippen LogP contribution >= 0.6 is 0 Å². The van der Waals surface area contributed by atoms with Crippen LogP contribution in [0.15, 0.2) is 18.3 Å². The van der Waals surface area contributed by atoms with E-state index in [1.54, 1.807) is 6.92 Å². The highest BCUT2D eigenvalue weighted by Crippen LogP contribution is 2.15. The molecule has 0 spiro atoms. The van der Waals surface area contributed by atoms with Crippen LogP contribution in [0, 0.1) is 6.92 Å². The maximum atomic E-state index is 11.6. The van der Waals surface area contributed by atoms with E-state index in [2.05, 4.69) is 4.98 Å². The number of ketones is 1. The van der Waals surface area contributed by atoms with Crippen LogP contribution in [0.25, 0.3) is 5.65 Å². The standard InChI is InChI=1S/C12H14N2O/c1-4-10-12(9(3)15)14-7-8(2)5-6-11(14)13-10/h5-7H,4H2,1-3H3. The lowest BCUT2D eigenvalue weighted by molar-refractivity contribution is 0.101. The number of carbonyl (C=O) groups is 1. The molecule has 0 aliphatic rings. The topological polar surface area (TPSA) is 34.4 Å². The van der Waals surface area contributed by atoms with E-state index in [4.69, 9.17) is 0 Å². The van der Waals surface area contributed by atoms with E-state index in [-0.39, 0.29) is 5.78 Å². The quantitative estimate of drug-likeness (QED) is 0.701. The van der Waals surface area contributed by atoms with Crippen molar-refractivity contribution in [2.24, 2.45) is 0 Å². The number of hydrogen-bond acceptors (Lipinski definition) is 2. The molecule has 0 amide bonds. The van der Waals surface area contributed by atoms with Gasteiger partial charge in [-0.2, -0.15) is 0 Å². The number of aryl methyl sites for hydroxylation is 2.